The molecule has 0 aliphatic heterocycles. The first-order valence-electron chi connectivity index (χ1n) is 6.41. The lowest BCUT2D eigenvalue weighted by atomic mass is 10.3. The van der Waals surface area contributed by atoms with Crippen LogP contribution in [0.25, 0.3) is 11.0 Å². The minimum Gasteiger partial charge on any atom is -0.266 e. The van der Waals surface area contributed by atoms with Crippen LogP contribution in [-0.2, 0) is 10.0 Å². The van der Waals surface area contributed by atoms with Gasteiger partial charge in [0, 0.05) is 5.02 Å². The van der Waals surface area contributed by atoms with Gasteiger partial charge in [0.1, 0.15) is 5.69 Å². The van der Waals surface area contributed by atoms with Crippen LogP contribution in [0.15, 0.2) is 58.2 Å². The zero-order valence-corrected chi connectivity index (χ0v) is 13.1. The Labute approximate surface area is 131 Å². The quantitative estimate of drug-likeness (QED) is 0.722. The molecule has 3 aromatic rings. The number of nitrogens with zero attached hydrogens (tertiary/aromatic N) is 2. The van der Waals surface area contributed by atoms with Crippen LogP contribution in [0.2, 0.25) is 5.02 Å². The standard InChI is InChI=1S/C15H11ClN2O3S/c1-10-15(19)18(14-8-7-11(16)9-13(14)17-10)22(20,21)12-5-3-2-4-6-12/h2-9H,1H3. The van der Waals surface area contributed by atoms with E-state index >= 15 is 0 Å². The van der Waals surface area contributed by atoms with Gasteiger partial charge in [-0.1, -0.05) is 29.8 Å². The molecule has 0 saturated carbocycles. The Kier molecular flexibility index (Phi) is 3.50. The molecule has 0 fully saturated rings. The van der Waals surface area contributed by atoms with E-state index in [0.29, 0.717) is 10.5 Å². The number of fused-ring (bicyclic) bond motifs is 1. The topological polar surface area (TPSA) is 69.0 Å². The fraction of sp³-hybridized carbons (Fsp3) is 0.0667. The molecule has 112 valence electrons. The van der Waals surface area contributed by atoms with Crippen molar-refractivity contribution in [2.24, 2.45) is 0 Å². The van der Waals surface area contributed by atoms with Gasteiger partial charge in [-0.2, -0.15) is 3.97 Å². The maximum absolute atomic E-state index is 12.8. The van der Waals surface area contributed by atoms with Gasteiger partial charge in [0.2, 0.25) is 0 Å². The second-order valence-corrected chi connectivity index (χ2v) is 6.94. The average molecular weight is 335 g/mol. The van der Waals surface area contributed by atoms with E-state index in [1.54, 1.807) is 18.2 Å². The molecule has 1 heterocycles. The Morgan fingerprint density at radius 3 is 2.45 bits per heavy atom. The molecule has 0 saturated heterocycles. The van der Waals surface area contributed by atoms with Crippen molar-refractivity contribution < 1.29 is 8.42 Å². The van der Waals surface area contributed by atoms with Crippen molar-refractivity contribution in [2.75, 3.05) is 0 Å². The van der Waals surface area contributed by atoms with Crippen LogP contribution in [0.5, 0.6) is 0 Å². The largest absolute Gasteiger partial charge is 0.286 e. The molecule has 0 amide bonds. The van der Waals surface area contributed by atoms with Crippen molar-refractivity contribution in [3.05, 3.63) is 69.6 Å². The van der Waals surface area contributed by atoms with Crippen LogP contribution in [0, 0.1) is 6.92 Å². The van der Waals surface area contributed by atoms with Gasteiger partial charge in [0.05, 0.1) is 15.9 Å². The van der Waals surface area contributed by atoms with E-state index < -0.39 is 15.6 Å². The molecule has 0 aliphatic rings. The van der Waals surface area contributed by atoms with E-state index in [-0.39, 0.29) is 16.1 Å². The number of halogens is 1. The third-order valence-electron chi connectivity index (χ3n) is 3.22. The van der Waals surface area contributed by atoms with E-state index in [4.69, 9.17) is 11.6 Å². The van der Waals surface area contributed by atoms with Gasteiger partial charge in [-0.05, 0) is 37.3 Å². The highest BCUT2D eigenvalue weighted by atomic mass is 35.5. The predicted octanol–water partition coefficient (Wildman–Crippen LogP) is 2.60. The van der Waals surface area contributed by atoms with Gasteiger partial charge in [-0.3, -0.25) is 4.79 Å². The summed E-state index contributed by atoms with van der Waals surface area (Å²) >= 11 is 5.92. The summed E-state index contributed by atoms with van der Waals surface area (Å²) < 4.78 is 26.4. The fourth-order valence-corrected chi connectivity index (χ4v) is 3.82. The van der Waals surface area contributed by atoms with Crippen molar-refractivity contribution in [1.29, 1.82) is 0 Å². The van der Waals surface area contributed by atoms with Crippen molar-refractivity contribution in [2.45, 2.75) is 11.8 Å². The van der Waals surface area contributed by atoms with Crippen molar-refractivity contribution >= 4 is 32.7 Å². The molecule has 0 spiro atoms. The van der Waals surface area contributed by atoms with Crippen LogP contribution in [0.4, 0.5) is 0 Å². The first kappa shape index (κ1) is 14.7. The lowest BCUT2D eigenvalue weighted by Crippen LogP contribution is -2.30. The zero-order valence-electron chi connectivity index (χ0n) is 11.5. The molecule has 0 atom stereocenters. The minimum absolute atomic E-state index is 0.0407. The highest BCUT2D eigenvalue weighted by Crippen LogP contribution is 2.20. The number of hydrogen-bond acceptors (Lipinski definition) is 4. The Balaban J connectivity index is 2.45. The molecule has 0 unspecified atom stereocenters. The normalized spacial score (nSPS) is 11.7. The molecular weight excluding hydrogens is 324 g/mol. The highest BCUT2D eigenvalue weighted by molar-refractivity contribution is 7.90. The molecule has 2 aromatic carbocycles. The molecule has 5 nitrogen and oxygen atoms in total. The molecule has 0 radical (unpaired) electrons. The summed E-state index contributed by atoms with van der Waals surface area (Å²) in [5.41, 5.74) is -0.0269. The second kappa shape index (κ2) is 5.23. The zero-order chi connectivity index (χ0) is 15.9. The van der Waals surface area contributed by atoms with E-state index in [0.717, 1.165) is 3.97 Å². The highest BCUT2D eigenvalue weighted by Gasteiger charge is 2.22. The van der Waals surface area contributed by atoms with Crippen LogP contribution in [0.3, 0.4) is 0 Å². The SMILES string of the molecule is Cc1nc2cc(Cl)ccc2n(S(=O)(=O)c2ccccc2)c1=O. The van der Waals surface area contributed by atoms with Crippen LogP contribution in [0.1, 0.15) is 5.69 Å². The molecular formula is C15H11ClN2O3S. The number of benzene rings is 2. The number of aromatic nitrogens is 2. The fourth-order valence-electron chi connectivity index (χ4n) is 2.18. The second-order valence-electron chi connectivity index (χ2n) is 4.72. The van der Waals surface area contributed by atoms with Crippen molar-refractivity contribution in [3.8, 4) is 0 Å². The Hall–Kier alpha value is -2.18. The van der Waals surface area contributed by atoms with Gasteiger partial charge >= 0.3 is 0 Å². The first-order chi connectivity index (χ1) is 10.4. The molecule has 1 aromatic heterocycles. The van der Waals surface area contributed by atoms with E-state index in [2.05, 4.69) is 4.98 Å². The average Bonchev–Trinajstić information content (AvgIpc) is 2.49. The van der Waals surface area contributed by atoms with Crippen LogP contribution in [-0.4, -0.2) is 17.4 Å². The molecule has 0 bridgehead atoms. The summed E-state index contributed by atoms with van der Waals surface area (Å²) in [6.45, 7) is 1.47. The van der Waals surface area contributed by atoms with E-state index in [1.165, 1.54) is 37.3 Å². The Morgan fingerprint density at radius 1 is 1.09 bits per heavy atom. The maximum atomic E-state index is 12.8. The van der Waals surface area contributed by atoms with Crippen molar-refractivity contribution in [1.82, 2.24) is 8.96 Å². The minimum atomic E-state index is -4.01. The summed E-state index contributed by atoms with van der Waals surface area (Å²) in [6, 6.07) is 12.3. The summed E-state index contributed by atoms with van der Waals surface area (Å²) in [5.74, 6) is 0. The molecule has 7 heteroatoms. The molecule has 22 heavy (non-hydrogen) atoms. The lowest BCUT2D eigenvalue weighted by molar-refractivity contribution is 0.587. The molecule has 0 aliphatic carbocycles. The number of aryl methyl sites for hydroxylation is 1. The summed E-state index contributed by atoms with van der Waals surface area (Å²) in [6.07, 6.45) is 0. The van der Waals surface area contributed by atoms with Gasteiger partial charge in [-0.15, -0.1) is 0 Å². The van der Waals surface area contributed by atoms with Gasteiger partial charge in [0.25, 0.3) is 15.6 Å². The van der Waals surface area contributed by atoms with Gasteiger partial charge in [0.15, 0.2) is 0 Å². The summed E-state index contributed by atoms with van der Waals surface area (Å²) in [7, 11) is -4.01. The predicted molar refractivity (Wildman–Crippen MR) is 84.8 cm³/mol. The third kappa shape index (κ3) is 2.30. The number of rotatable bonds is 2. The smallest absolute Gasteiger partial charge is 0.266 e. The van der Waals surface area contributed by atoms with Gasteiger partial charge in [-0.25, -0.2) is 13.4 Å². The van der Waals surface area contributed by atoms with Crippen LogP contribution < -0.4 is 5.56 Å². The van der Waals surface area contributed by atoms with E-state index in [1.807, 2.05) is 0 Å². The Morgan fingerprint density at radius 2 is 1.77 bits per heavy atom. The monoisotopic (exact) mass is 334 g/mol. The van der Waals surface area contributed by atoms with Crippen LogP contribution >= 0.6 is 11.6 Å². The third-order valence-corrected chi connectivity index (χ3v) is 5.17. The first-order valence-corrected chi connectivity index (χ1v) is 8.22. The number of hydrogen-bond donors (Lipinski definition) is 0. The molecule has 3 rings (SSSR count). The van der Waals surface area contributed by atoms with Crippen molar-refractivity contribution in [3.63, 3.8) is 0 Å². The van der Waals surface area contributed by atoms with Gasteiger partial charge < -0.3 is 0 Å². The Bertz CT molecular complexity index is 1030. The maximum Gasteiger partial charge on any atom is 0.286 e. The lowest BCUT2D eigenvalue weighted by Gasteiger charge is -2.12. The van der Waals surface area contributed by atoms with E-state index in [9.17, 15) is 13.2 Å². The molecule has 0 N–H and O–H groups in total. The summed E-state index contributed by atoms with van der Waals surface area (Å²) in [4.78, 5) is 16.5. The summed E-state index contributed by atoms with van der Waals surface area (Å²) in [5, 5.41) is 0.418.